The van der Waals surface area contributed by atoms with Crippen molar-refractivity contribution in [2.45, 2.75) is 117 Å². The molecule has 2 amide bonds. The van der Waals surface area contributed by atoms with Gasteiger partial charge in [-0.3, -0.25) is 19.3 Å². The maximum atomic E-state index is 12.7. The molecule has 0 radical (unpaired) electrons. The highest BCUT2D eigenvalue weighted by Gasteiger charge is 2.28. The predicted octanol–water partition coefficient (Wildman–Crippen LogP) is 3.28. The Bertz CT molecular complexity index is 473. The van der Waals surface area contributed by atoms with Crippen LogP contribution in [0.2, 0.25) is 0 Å². The molecular formula is C22H43N3O4. The number of hydrogen-bond acceptors (Lipinski definition) is 6. The molecule has 7 heteroatoms. The molecule has 0 aliphatic carbocycles. The lowest BCUT2D eigenvalue weighted by atomic mass is 10.0. The number of carbonyl (C=O) groups is 3. The molecule has 0 aromatic rings. The van der Waals surface area contributed by atoms with Crippen molar-refractivity contribution < 1.29 is 19.1 Å². The second kappa shape index (κ2) is 14.5. The monoisotopic (exact) mass is 413 g/mol. The Kier molecular flexibility index (Phi) is 13.8. The van der Waals surface area contributed by atoms with Crippen molar-refractivity contribution in [3.8, 4) is 0 Å². The number of carbonyl (C=O) groups excluding carboxylic acids is 3. The van der Waals surface area contributed by atoms with Gasteiger partial charge in [-0.15, -0.1) is 0 Å². The highest BCUT2D eigenvalue weighted by atomic mass is 16.6. The van der Waals surface area contributed by atoms with Crippen molar-refractivity contribution >= 4 is 17.8 Å². The smallest absolute Gasteiger partial charge is 0.326 e. The number of hydrogen-bond donors (Lipinski definition) is 2. The molecule has 0 aromatic heterocycles. The Morgan fingerprint density at radius 3 is 1.59 bits per heavy atom. The molecule has 0 bridgehead atoms. The molecule has 0 fully saturated rings. The number of amides is 2. The van der Waals surface area contributed by atoms with Crippen LogP contribution in [0.15, 0.2) is 0 Å². The van der Waals surface area contributed by atoms with E-state index >= 15 is 0 Å². The number of rotatable bonds is 14. The van der Waals surface area contributed by atoms with Gasteiger partial charge in [0.15, 0.2) is 0 Å². The second-order valence-electron chi connectivity index (χ2n) is 8.88. The molecule has 2 atom stereocenters. The van der Waals surface area contributed by atoms with Crippen LogP contribution in [0.25, 0.3) is 0 Å². The summed E-state index contributed by atoms with van der Waals surface area (Å²) in [4.78, 5) is 38.7. The van der Waals surface area contributed by atoms with Crippen LogP contribution in [0.3, 0.4) is 0 Å². The quantitative estimate of drug-likeness (QED) is 0.333. The SMILES string of the molecule is CCCCC[C@H](N)CC(=O)N(CC(=O)OC(C)(C)C)C(=O)C[C@@H](N)CCCCC. The van der Waals surface area contributed by atoms with Crippen molar-refractivity contribution in [1.82, 2.24) is 4.90 Å². The van der Waals surface area contributed by atoms with E-state index in [-0.39, 0.29) is 24.9 Å². The zero-order chi connectivity index (χ0) is 22.4. The maximum absolute atomic E-state index is 12.7. The van der Waals surface area contributed by atoms with Crippen LogP contribution in [0, 0.1) is 0 Å². The van der Waals surface area contributed by atoms with Gasteiger partial charge in [0, 0.05) is 24.9 Å². The first-order valence-corrected chi connectivity index (χ1v) is 11.1. The Morgan fingerprint density at radius 2 is 1.24 bits per heavy atom. The fourth-order valence-electron chi connectivity index (χ4n) is 3.00. The molecule has 4 N–H and O–H groups in total. The molecule has 0 rings (SSSR count). The predicted molar refractivity (Wildman–Crippen MR) is 116 cm³/mol. The minimum Gasteiger partial charge on any atom is -0.459 e. The van der Waals surface area contributed by atoms with Gasteiger partial charge in [-0.25, -0.2) is 0 Å². The van der Waals surface area contributed by atoms with E-state index in [1.165, 1.54) is 0 Å². The van der Waals surface area contributed by atoms with E-state index in [9.17, 15) is 14.4 Å². The fraction of sp³-hybridized carbons (Fsp3) is 0.864. The molecule has 0 aromatic carbocycles. The van der Waals surface area contributed by atoms with Crippen LogP contribution in [-0.4, -0.2) is 46.9 Å². The van der Waals surface area contributed by atoms with Crippen molar-refractivity contribution in [3.05, 3.63) is 0 Å². The first kappa shape index (κ1) is 27.5. The summed E-state index contributed by atoms with van der Waals surface area (Å²) in [5.74, 6) is -1.49. The first-order valence-electron chi connectivity index (χ1n) is 11.1. The number of imide groups is 1. The van der Waals surface area contributed by atoms with Gasteiger partial charge in [-0.1, -0.05) is 52.4 Å². The van der Waals surface area contributed by atoms with Gasteiger partial charge in [0.25, 0.3) is 0 Å². The Morgan fingerprint density at radius 1 is 0.828 bits per heavy atom. The van der Waals surface area contributed by atoms with E-state index in [1.54, 1.807) is 20.8 Å². The van der Waals surface area contributed by atoms with Crippen LogP contribution >= 0.6 is 0 Å². The highest BCUT2D eigenvalue weighted by molar-refractivity contribution is 5.98. The first-order chi connectivity index (χ1) is 13.5. The third kappa shape index (κ3) is 14.2. The number of esters is 1. The Labute approximate surface area is 176 Å². The maximum Gasteiger partial charge on any atom is 0.326 e. The lowest BCUT2D eigenvalue weighted by Gasteiger charge is -2.26. The third-order valence-electron chi connectivity index (χ3n) is 4.54. The molecule has 0 aliphatic heterocycles. The number of unbranched alkanes of at least 4 members (excludes halogenated alkanes) is 4. The van der Waals surface area contributed by atoms with Gasteiger partial charge in [0.05, 0.1) is 0 Å². The molecule has 29 heavy (non-hydrogen) atoms. The van der Waals surface area contributed by atoms with Crippen molar-refractivity contribution in [2.75, 3.05) is 6.54 Å². The van der Waals surface area contributed by atoms with E-state index in [0.717, 1.165) is 43.4 Å². The third-order valence-corrected chi connectivity index (χ3v) is 4.54. The summed E-state index contributed by atoms with van der Waals surface area (Å²) in [6, 6.07) is -0.664. The molecule has 0 heterocycles. The zero-order valence-corrected chi connectivity index (χ0v) is 19.2. The average Bonchev–Trinajstić information content (AvgIpc) is 2.58. The number of nitrogens with two attached hydrogens (primary N) is 2. The number of ether oxygens (including phenoxy) is 1. The van der Waals surface area contributed by atoms with Crippen molar-refractivity contribution in [3.63, 3.8) is 0 Å². The highest BCUT2D eigenvalue weighted by Crippen LogP contribution is 2.12. The van der Waals surface area contributed by atoms with Gasteiger partial charge in [0.2, 0.25) is 11.8 Å². The molecule has 0 saturated heterocycles. The van der Waals surface area contributed by atoms with Crippen LogP contribution in [0.5, 0.6) is 0 Å². The fourth-order valence-corrected chi connectivity index (χ4v) is 3.00. The van der Waals surface area contributed by atoms with Gasteiger partial charge < -0.3 is 16.2 Å². The lowest BCUT2D eigenvalue weighted by molar-refractivity contribution is -0.162. The second-order valence-corrected chi connectivity index (χ2v) is 8.88. The number of nitrogens with zero attached hydrogens (tertiary/aromatic N) is 1. The summed E-state index contributed by atoms with van der Waals surface area (Å²) >= 11 is 0. The minimum absolute atomic E-state index is 0.0311. The van der Waals surface area contributed by atoms with Crippen LogP contribution < -0.4 is 11.5 Å². The van der Waals surface area contributed by atoms with Gasteiger partial charge in [0.1, 0.15) is 12.1 Å². The van der Waals surface area contributed by atoms with Crippen LogP contribution in [0.4, 0.5) is 0 Å². The Balaban J connectivity index is 5.00. The van der Waals surface area contributed by atoms with Crippen molar-refractivity contribution in [1.29, 1.82) is 0 Å². The molecular weight excluding hydrogens is 370 g/mol. The standard InChI is InChI=1S/C22H43N3O4/c1-6-8-10-12-17(23)14-19(26)25(16-21(28)29-22(3,4)5)20(27)15-18(24)13-11-9-7-2/h17-18H,6-16,23-24H2,1-5H3/t17-,18-/m0/s1. The largest absolute Gasteiger partial charge is 0.459 e. The minimum atomic E-state index is -0.693. The average molecular weight is 414 g/mol. The summed E-state index contributed by atoms with van der Waals surface area (Å²) in [5, 5.41) is 0. The van der Waals surface area contributed by atoms with Gasteiger partial charge in [-0.2, -0.15) is 0 Å². The topological polar surface area (TPSA) is 116 Å². The van der Waals surface area contributed by atoms with Gasteiger partial charge >= 0.3 is 5.97 Å². The lowest BCUT2D eigenvalue weighted by Crippen LogP contribution is -2.46. The van der Waals surface area contributed by atoms with E-state index in [2.05, 4.69) is 13.8 Å². The van der Waals surface area contributed by atoms with Gasteiger partial charge in [-0.05, 0) is 33.6 Å². The summed E-state index contributed by atoms with van der Waals surface area (Å²) in [6.07, 6.45) is 7.60. The zero-order valence-electron chi connectivity index (χ0n) is 19.2. The summed E-state index contributed by atoms with van der Waals surface area (Å²) in [6.45, 7) is 9.02. The van der Waals surface area contributed by atoms with E-state index in [4.69, 9.17) is 16.2 Å². The molecule has 0 spiro atoms. The van der Waals surface area contributed by atoms with E-state index in [1.807, 2.05) is 0 Å². The molecule has 7 nitrogen and oxygen atoms in total. The van der Waals surface area contributed by atoms with E-state index < -0.39 is 29.9 Å². The Hall–Kier alpha value is -1.47. The van der Waals surface area contributed by atoms with Crippen LogP contribution in [-0.2, 0) is 19.1 Å². The normalized spacial score (nSPS) is 13.6. The summed E-state index contributed by atoms with van der Waals surface area (Å²) < 4.78 is 5.29. The van der Waals surface area contributed by atoms with Crippen molar-refractivity contribution in [2.24, 2.45) is 11.5 Å². The summed E-state index contributed by atoms with van der Waals surface area (Å²) in [5.41, 5.74) is 11.4. The molecule has 170 valence electrons. The summed E-state index contributed by atoms with van der Waals surface area (Å²) in [7, 11) is 0. The van der Waals surface area contributed by atoms with E-state index in [0.29, 0.717) is 12.8 Å². The molecule has 0 saturated carbocycles. The molecule has 0 unspecified atom stereocenters. The van der Waals surface area contributed by atoms with Crippen LogP contribution in [0.1, 0.15) is 98.8 Å². The molecule has 0 aliphatic rings.